The van der Waals surface area contributed by atoms with E-state index in [0.29, 0.717) is 6.54 Å². The topological polar surface area (TPSA) is 46.1 Å². The largest absolute Gasteiger partial charge is 0.338 e. The summed E-state index contributed by atoms with van der Waals surface area (Å²) < 4.78 is 0. The number of hydrogen-bond donors (Lipinski definition) is 0. The highest BCUT2D eigenvalue weighted by Gasteiger charge is 2.27. The third-order valence-electron chi connectivity index (χ3n) is 5.49. The number of carbonyl (C=O) groups excluding carboxylic acids is 1. The van der Waals surface area contributed by atoms with Crippen molar-refractivity contribution in [3.05, 3.63) is 83.2 Å². The number of nitrogens with zero attached hydrogens (tertiary/aromatic N) is 3. The van der Waals surface area contributed by atoms with Crippen molar-refractivity contribution >= 4 is 5.91 Å². The molecule has 4 heteroatoms. The van der Waals surface area contributed by atoms with Crippen LogP contribution < -0.4 is 0 Å². The lowest BCUT2D eigenvalue weighted by molar-refractivity contribution is 0.0705. The lowest BCUT2D eigenvalue weighted by Crippen LogP contribution is -2.39. The lowest BCUT2D eigenvalue weighted by atomic mass is 9.93. The number of piperidine rings is 1. The highest BCUT2D eigenvalue weighted by atomic mass is 16.2. The van der Waals surface area contributed by atoms with Crippen molar-refractivity contribution in [2.45, 2.75) is 32.6 Å². The Kier molecular flexibility index (Phi) is 5.20. The van der Waals surface area contributed by atoms with Crippen LogP contribution in [0.1, 0.15) is 45.9 Å². The van der Waals surface area contributed by atoms with Crippen molar-refractivity contribution in [2.75, 3.05) is 13.1 Å². The Hall–Kier alpha value is -3.01. The first kappa shape index (κ1) is 18.4. The van der Waals surface area contributed by atoms with E-state index in [4.69, 9.17) is 4.98 Å². The Morgan fingerprint density at radius 2 is 1.82 bits per heavy atom. The Labute approximate surface area is 166 Å². The second-order valence-electron chi connectivity index (χ2n) is 7.58. The molecule has 1 unspecified atom stereocenters. The van der Waals surface area contributed by atoms with Crippen LogP contribution >= 0.6 is 0 Å². The molecule has 0 spiro atoms. The smallest absolute Gasteiger partial charge is 0.254 e. The van der Waals surface area contributed by atoms with Crippen LogP contribution in [0, 0.1) is 13.8 Å². The van der Waals surface area contributed by atoms with Crippen molar-refractivity contribution in [1.29, 1.82) is 0 Å². The van der Waals surface area contributed by atoms with Gasteiger partial charge in [0.2, 0.25) is 0 Å². The summed E-state index contributed by atoms with van der Waals surface area (Å²) in [5.41, 5.74) is 5.09. The maximum Gasteiger partial charge on any atom is 0.254 e. The van der Waals surface area contributed by atoms with E-state index in [9.17, 15) is 4.79 Å². The van der Waals surface area contributed by atoms with Gasteiger partial charge in [-0.2, -0.15) is 0 Å². The number of rotatable bonds is 3. The van der Waals surface area contributed by atoms with Crippen LogP contribution in [-0.4, -0.2) is 33.9 Å². The van der Waals surface area contributed by atoms with Gasteiger partial charge >= 0.3 is 0 Å². The van der Waals surface area contributed by atoms with Crippen molar-refractivity contribution in [2.24, 2.45) is 0 Å². The van der Waals surface area contributed by atoms with E-state index in [1.165, 1.54) is 5.56 Å². The average Bonchev–Trinajstić information content (AvgIpc) is 2.74. The zero-order valence-electron chi connectivity index (χ0n) is 16.4. The second-order valence-corrected chi connectivity index (χ2v) is 7.58. The maximum absolute atomic E-state index is 13.0. The van der Waals surface area contributed by atoms with Gasteiger partial charge in [0.05, 0.1) is 0 Å². The lowest BCUT2D eigenvalue weighted by Gasteiger charge is -2.33. The summed E-state index contributed by atoms with van der Waals surface area (Å²) in [7, 11) is 0. The molecule has 28 heavy (non-hydrogen) atoms. The molecule has 4 nitrogen and oxygen atoms in total. The van der Waals surface area contributed by atoms with Crippen LogP contribution in [0.5, 0.6) is 0 Å². The molecule has 2 aromatic carbocycles. The fourth-order valence-corrected chi connectivity index (χ4v) is 3.83. The van der Waals surface area contributed by atoms with E-state index in [1.54, 1.807) is 0 Å². The number of benzene rings is 2. The first-order valence-corrected chi connectivity index (χ1v) is 9.87. The summed E-state index contributed by atoms with van der Waals surface area (Å²) in [4.78, 5) is 24.3. The van der Waals surface area contributed by atoms with Gasteiger partial charge in [0.25, 0.3) is 5.91 Å². The van der Waals surface area contributed by atoms with Crippen LogP contribution in [-0.2, 0) is 0 Å². The summed E-state index contributed by atoms with van der Waals surface area (Å²) >= 11 is 0. The van der Waals surface area contributed by atoms with Crippen molar-refractivity contribution < 1.29 is 4.79 Å². The normalized spacial score (nSPS) is 16.8. The van der Waals surface area contributed by atoms with Crippen LogP contribution in [0.4, 0.5) is 0 Å². The molecule has 1 amide bonds. The van der Waals surface area contributed by atoms with Gasteiger partial charge in [0.15, 0.2) is 5.82 Å². The first-order chi connectivity index (χ1) is 13.6. The number of amides is 1. The predicted octanol–water partition coefficient (Wildman–Crippen LogP) is 4.78. The van der Waals surface area contributed by atoms with Gasteiger partial charge in [0.1, 0.15) is 0 Å². The highest BCUT2D eigenvalue weighted by Crippen LogP contribution is 2.28. The van der Waals surface area contributed by atoms with E-state index in [1.807, 2.05) is 48.4 Å². The van der Waals surface area contributed by atoms with Gasteiger partial charge in [-0.25, -0.2) is 9.97 Å². The number of carbonyl (C=O) groups is 1. The molecular weight excluding hydrogens is 346 g/mol. The van der Waals surface area contributed by atoms with Gasteiger partial charge < -0.3 is 4.90 Å². The minimum absolute atomic E-state index is 0.121. The van der Waals surface area contributed by atoms with Gasteiger partial charge in [-0.15, -0.1) is 0 Å². The van der Waals surface area contributed by atoms with E-state index in [0.717, 1.165) is 47.6 Å². The molecule has 1 saturated heterocycles. The van der Waals surface area contributed by atoms with Crippen molar-refractivity contribution in [1.82, 2.24) is 14.9 Å². The second kappa shape index (κ2) is 7.93. The van der Waals surface area contributed by atoms with Crippen LogP contribution in [0.15, 0.2) is 60.8 Å². The van der Waals surface area contributed by atoms with Gasteiger partial charge in [0, 0.05) is 42.0 Å². The number of aryl methyl sites for hydroxylation is 2. The summed E-state index contributed by atoms with van der Waals surface area (Å²) in [5.74, 6) is 1.12. The zero-order chi connectivity index (χ0) is 19.5. The van der Waals surface area contributed by atoms with Crippen LogP contribution in [0.25, 0.3) is 11.4 Å². The molecule has 4 rings (SSSR count). The molecule has 0 radical (unpaired) electrons. The standard InChI is InChI=1S/C24H25N3O/c1-17-9-11-19(12-10-17)23-25-14-13-22(26-23)20-7-5-15-27(16-20)24(28)21-8-4-3-6-18(21)2/h3-4,6,8-14,20H,5,7,15-16H2,1-2H3. The molecule has 142 valence electrons. The first-order valence-electron chi connectivity index (χ1n) is 9.87. The fourth-order valence-electron chi connectivity index (χ4n) is 3.83. The molecule has 3 aromatic rings. The summed E-state index contributed by atoms with van der Waals surface area (Å²) in [6, 6.07) is 18.1. The Morgan fingerprint density at radius 1 is 1.04 bits per heavy atom. The quantitative estimate of drug-likeness (QED) is 0.666. The maximum atomic E-state index is 13.0. The number of likely N-dealkylation sites (tertiary alicyclic amines) is 1. The van der Waals surface area contributed by atoms with Gasteiger partial charge in [-0.05, 0) is 44.4 Å². The molecule has 1 aliphatic rings. The molecule has 0 N–H and O–H groups in total. The van der Waals surface area contributed by atoms with Gasteiger partial charge in [-0.3, -0.25) is 4.79 Å². The molecule has 1 fully saturated rings. The van der Waals surface area contributed by atoms with E-state index < -0.39 is 0 Å². The monoisotopic (exact) mass is 371 g/mol. The summed E-state index contributed by atoms with van der Waals surface area (Å²) in [5, 5.41) is 0. The predicted molar refractivity (Wildman–Crippen MR) is 111 cm³/mol. The summed E-state index contributed by atoms with van der Waals surface area (Å²) in [6.07, 6.45) is 3.87. The third kappa shape index (κ3) is 3.81. The Morgan fingerprint density at radius 3 is 2.61 bits per heavy atom. The molecular formula is C24H25N3O. The summed E-state index contributed by atoms with van der Waals surface area (Å²) in [6.45, 7) is 5.58. The SMILES string of the molecule is Cc1ccc(-c2nccc(C3CCCN(C(=O)c4ccccc4C)C3)n2)cc1. The fraction of sp³-hybridized carbons (Fsp3) is 0.292. The number of aromatic nitrogens is 2. The van der Waals surface area contributed by atoms with E-state index in [2.05, 4.69) is 36.2 Å². The van der Waals surface area contributed by atoms with Crippen molar-refractivity contribution in [3.63, 3.8) is 0 Å². The molecule has 0 saturated carbocycles. The van der Waals surface area contributed by atoms with Gasteiger partial charge in [-0.1, -0.05) is 48.0 Å². The van der Waals surface area contributed by atoms with Crippen molar-refractivity contribution in [3.8, 4) is 11.4 Å². The third-order valence-corrected chi connectivity index (χ3v) is 5.49. The molecule has 1 atom stereocenters. The Bertz CT molecular complexity index is 981. The van der Waals surface area contributed by atoms with Crippen LogP contribution in [0.2, 0.25) is 0 Å². The van der Waals surface area contributed by atoms with Crippen LogP contribution in [0.3, 0.4) is 0 Å². The molecule has 1 aliphatic heterocycles. The highest BCUT2D eigenvalue weighted by molar-refractivity contribution is 5.95. The zero-order valence-corrected chi connectivity index (χ0v) is 16.4. The molecule has 0 aliphatic carbocycles. The minimum atomic E-state index is 0.121. The molecule has 2 heterocycles. The Balaban J connectivity index is 1.55. The average molecular weight is 371 g/mol. The molecule has 1 aromatic heterocycles. The van der Waals surface area contributed by atoms with E-state index in [-0.39, 0.29) is 11.8 Å². The minimum Gasteiger partial charge on any atom is -0.338 e. The molecule has 0 bridgehead atoms. The van der Waals surface area contributed by atoms with E-state index >= 15 is 0 Å². The number of hydrogen-bond acceptors (Lipinski definition) is 3.